The van der Waals surface area contributed by atoms with E-state index in [1.807, 2.05) is 12.1 Å². The molecule has 0 spiro atoms. The van der Waals surface area contributed by atoms with Gasteiger partial charge in [-0.05, 0) is 29.5 Å². The van der Waals surface area contributed by atoms with Gasteiger partial charge in [0.05, 0.1) is 0 Å². The minimum atomic E-state index is -0.280. The fourth-order valence-corrected chi connectivity index (χ4v) is 3.33. The normalized spacial score (nSPS) is 11.3. The standard InChI is InChI=1S/C25H42N2O2/c1-5-6-7-8-9-10-11-12-13-14-15-16-23(28)26-27-24(29)21-17-19-22(20-18-21)25(2,3)4/h17-20H,5-16H2,1-4H3,(H,26,28)(H,27,29). The Hall–Kier alpha value is -1.84. The van der Waals surface area contributed by atoms with Crippen LogP contribution < -0.4 is 10.9 Å². The molecule has 0 aliphatic carbocycles. The zero-order valence-corrected chi connectivity index (χ0v) is 19.1. The van der Waals surface area contributed by atoms with E-state index in [0.717, 1.165) is 12.8 Å². The molecule has 0 aliphatic rings. The second kappa shape index (κ2) is 14.2. The Morgan fingerprint density at radius 2 is 1.21 bits per heavy atom. The summed E-state index contributed by atoms with van der Waals surface area (Å²) in [6.45, 7) is 8.66. The highest BCUT2D eigenvalue weighted by Crippen LogP contribution is 2.22. The lowest BCUT2D eigenvalue weighted by molar-refractivity contribution is -0.122. The van der Waals surface area contributed by atoms with Gasteiger partial charge in [0.1, 0.15) is 0 Å². The average Bonchev–Trinajstić information content (AvgIpc) is 2.69. The number of carbonyl (C=O) groups is 2. The van der Waals surface area contributed by atoms with Crippen LogP contribution in [-0.4, -0.2) is 11.8 Å². The Balaban J connectivity index is 2.07. The summed E-state index contributed by atoms with van der Waals surface area (Å²) in [6, 6.07) is 7.52. The van der Waals surface area contributed by atoms with Gasteiger partial charge in [0, 0.05) is 12.0 Å². The second-order valence-electron chi connectivity index (χ2n) is 9.12. The van der Waals surface area contributed by atoms with Gasteiger partial charge in [-0.25, -0.2) is 0 Å². The van der Waals surface area contributed by atoms with Gasteiger partial charge < -0.3 is 0 Å². The van der Waals surface area contributed by atoms with E-state index < -0.39 is 0 Å². The fraction of sp³-hybridized carbons (Fsp3) is 0.680. The van der Waals surface area contributed by atoms with Gasteiger partial charge in [-0.1, -0.05) is 104 Å². The van der Waals surface area contributed by atoms with Gasteiger partial charge in [-0.3, -0.25) is 20.4 Å². The summed E-state index contributed by atoms with van der Waals surface area (Å²) in [5.74, 6) is -0.404. The Labute approximate surface area is 178 Å². The van der Waals surface area contributed by atoms with Crippen LogP contribution in [0, 0.1) is 0 Å². The van der Waals surface area contributed by atoms with E-state index in [2.05, 4.69) is 38.5 Å². The van der Waals surface area contributed by atoms with E-state index in [1.165, 1.54) is 63.4 Å². The number of benzene rings is 1. The zero-order chi connectivity index (χ0) is 21.5. The van der Waals surface area contributed by atoms with Crippen LogP contribution in [0.4, 0.5) is 0 Å². The molecule has 0 aromatic heterocycles. The van der Waals surface area contributed by atoms with Gasteiger partial charge in [0.25, 0.3) is 5.91 Å². The monoisotopic (exact) mass is 402 g/mol. The summed E-state index contributed by atoms with van der Waals surface area (Å²) >= 11 is 0. The third-order valence-electron chi connectivity index (χ3n) is 5.34. The SMILES string of the molecule is CCCCCCCCCCCCCC(=O)NNC(=O)c1ccc(C(C)(C)C)cc1. The lowest BCUT2D eigenvalue weighted by atomic mass is 9.87. The molecule has 0 aliphatic heterocycles. The number of hydrazine groups is 1. The molecule has 0 saturated carbocycles. The predicted molar refractivity (Wildman–Crippen MR) is 122 cm³/mol. The van der Waals surface area contributed by atoms with E-state index in [1.54, 1.807) is 12.1 Å². The average molecular weight is 403 g/mol. The van der Waals surface area contributed by atoms with Crippen molar-refractivity contribution >= 4 is 11.8 Å². The minimum Gasteiger partial charge on any atom is -0.273 e. The van der Waals surface area contributed by atoms with E-state index >= 15 is 0 Å². The summed E-state index contributed by atoms with van der Waals surface area (Å²) in [5, 5.41) is 0. The van der Waals surface area contributed by atoms with Crippen LogP contribution in [0.1, 0.15) is 121 Å². The van der Waals surface area contributed by atoms with Gasteiger partial charge in [0.15, 0.2) is 0 Å². The highest BCUT2D eigenvalue weighted by atomic mass is 16.2. The van der Waals surface area contributed by atoms with Crippen molar-refractivity contribution in [1.29, 1.82) is 0 Å². The van der Waals surface area contributed by atoms with Crippen molar-refractivity contribution in [3.63, 3.8) is 0 Å². The number of unbranched alkanes of at least 4 members (excludes halogenated alkanes) is 10. The quantitative estimate of drug-likeness (QED) is 0.294. The van der Waals surface area contributed by atoms with E-state index in [4.69, 9.17) is 0 Å². The number of nitrogens with one attached hydrogen (secondary N) is 2. The first-order chi connectivity index (χ1) is 13.8. The fourth-order valence-electron chi connectivity index (χ4n) is 3.33. The molecule has 0 radical (unpaired) electrons. The molecule has 0 unspecified atom stereocenters. The number of amides is 2. The molecule has 0 saturated heterocycles. The Kier molecular flexibility index (Phi) is 12.3. The van der Waals surface area contributed by atoms with Crippen molar-refractivity contribution < 1.29 is 9.59 Å². The summed E-state index contributed by atoms with van der Waals surface area (Å²) in [6.07, 6.45) is 14.3. The van der Waals surface area contributed by atoms with E-state index in [0.29, 0.717) is 12.0 Å². The topological polar surface area (TPSA) is 58.2 Å². The number of rotatable bonds is 13. The molecule has 4 nitrogen and oxygen atoms in total. The zero-order valence-electron chi connectivity index (χ0n) is 19.1. The first kappa shape index (κ1) is 25.2. The molecular formula is C25H42N2O2. The Bertz CT molecular complexity index is 588. The first-order valence-corrected chi connectivity index (χ1v) is 11.5. The molecule has 2 amide bonds. The van der Waals surface area contributed by atoms with Crippen molar-refractivity contribution in [2.24, 2.45) is 0 Å². The number of carbonyl (C=O) groups excluding carboxylic acids is 2. The summed E-state index contributed by atoms with van der Waals surface area (Å²) in [5.41, 5.74) is 6.81. The molecule has 0 fully saturated rings. The largest absolute Gasteiger partial charge is 0.273 e. The third kappa shape index (κ3) is 11.7. The number of hydrogen-bond acceptors (Lipinski definition) is 2. The molecular weight excluding hydrogens is 360 g/mol. The van der Waals surface area contributed by atoms with Crippen LogP contribution in [0.15, 0.2) is 24.3 Å². The van der Waals surface area contributed by atoms with Gasteiger partial charge in [0.2, 0.25) is 5.91 Å². The molecule has 2 N–H and O–H groups in total. The second-order valence-corrected chi connectivity index (χ2v) is 9.12. The summed E-state index contributed by atoms with van der Waals surface area (Å²) in [4.78, 5) is 24.0. The van der Waals surface area contributed by atoms with E-state index in [-0.39, 0.29) is 17.2 Å². The van der Waals surface area contributed by atoms with Gasteiger partial charge >= 0.3 is 0 Å². The highest BCUT2D eigenvalue weighted by molar-refractivity contribution is 5.95. The maximum atomic E-state index is 12.1. The molecule has 164 valence electrons. The highest BCUT2D eigenvalue weighted by Gasteiger charge is 2.14. The third-order valence-corrected chi connectivity index (χ3v) is 5.34. The van der Waals surface area contributed by atoms with Crippen molar-refractivity contribution in [3.05, 3.63) is 35.4 Å². The predicted octanol–water partition coefficient (Wildman–Crippen LogP) is 6.45. The Morgan fingerprint density at radius 1 is 0.724 bits per heavy atom. The smallest absolute Gasteiger partial charge is 0.269 e. The molecule has 4 heteroatoms. The molecule has 1 aromatic carbocycles. The van der Waals surface area contributed by atoms with Crippen LogP contribution in [-0.2, 0) is 10.2 Å². The summed E-state index contributed by atoms with van der Waals surface area (Å²) in [7, 11) is 0. The van der Waals surface area contributed by atoms with Crippen LogP contribution in [0.2, 0.25) is 0 Å². The lowest BCUT2D eigenvalue weighted by Crippen LogP contribution is -2.41. The van der Waals surface area contributed by atoms with Crippen LogP contribution in [0.3, 0.4) is 0 Å². The molecule has 0 heterocycles. The maximum absolute atomic E-state index is 12.1. The van der Waals surface area contributed by atoms with Gasteiger partial charge in [-0.15, -0.1) is 0 Å². The summed E-state index contributed by atoms with van der Waals surface area (Å²) < 4.78 is 0. The first-order valence-electron chi connectivity index (χ1n) is 11.5. The van der Waals surface area contributed by atoms with Gasteiger partial charge in [-0.2, -0.15) is 0 Å². The van der Waals surface area contributed by atoms with E-state index in [9.17, 15) is 9.59 Å². The Morgan fingerprint density at radius 3 is 1.69 bits per heavy atom. The van der Waals surface area contributed by atoms with Crippen LogP contribution >= 0.6 is 0 Å². The molecule has 1 rings (SSSR count). The number of hydrogen-bond donors (Lipinski definition) is 2. The molecule has 29 heavy (non-hydrogen) atoms. The molecule has 0 bridgehead atoms. The van der Waals surface area contributed by atoms with Crippen LogP contribution in [0.5, 0.6) is 0 Å². The van der Waals surface area contributed by atoms with Crippen molar-refractivity contribution in [2.45, 2.75) is 110 Å². The minimum absolute atomic E-state index is 0.0534. The van der Waals surface area contributed by atoms with Crippen molar-refractivity contribution in [1.82, 2.24) is 10.9 Å². The van der Waals surface area contributed by atoms with Crippen LogP contribution in [0.25, 0.3) is 0 Å². The molecule has 0 atom stereocenters. The van der Waals surface area contributed by atoms with Crippen molar-refractivity contribution in [3.8, 4) is 0 Å². The maximum Gasteiger partial charge on any atom is 0.269 e. The molecule has 1 aromatic rings. The van der Waals surface area contributed by atoms with Crippen molar-refractivity contribution in [2.75, 3.05) is 0 Å². The lowest BCUT2D eigenvalue weighted by Gasteiger charge is -2.19.